The Balaban J connectivity index is 2.11. The topological polar surface area (TPSA) is 92.4 Å². The summed E-state index contributed by atoms with van der Waals surface area (Å²) in [4.78, 5) is 23.1. The molecule has 0 aliphatic rings. The number of hydrogen-bond acceptors (Lipinski definition) is 3. The van der Waals surface area contributed by atoms with Crippen molar-refractivity contribution >= 4 is 11.8 Å². The van der Waals surface area contributed by atoms with E-state index in [2.05, 4.69) is 5.32 Å². The first-order valence-electron chi connectivity index (χ1n) is 6.44. The van der Waals surface area contributed by atoms with Crippen LogP contribution >= 0.6 is 0 Å². The lowest BCUT2D eigenvalue weighted by atomic mass is 10.1. The quantitative estimate of drug-likeness (QED) is 0.798. The predicted molar refractivity (Wildman–Crippen MR) is 79.0 cm³/mol. The Kier molecular flexibility index (Phi) is 4.23. The third-order valence-corrected chi connectivity index (χ3v) is 3.08. The van der Waals surface area contributed by atoms with Crippen molar-refractivity contribution < 1.29 is 14.7 Å². The number of aryl methyl sites for hydroxylation is 1. The van der Waals surface area contributed by atoms with Crippen LogP contribution in [0.4, 0.5) is 0 Å². The van der Waals surface area contributed by atoms with Gasteiger partial charge in [-0.2, -0.15) is 0 Å². The molecule has 5 heteroatoms. The SMILES string of the molecule is Cc1cccc(C(=O)NCc2cc(C(N)=O)ccc2O)c1. The van der Waals surface area contributed by atoms with E-state index in [0.29, 0.717) is 11.1 Å². The molecule has 0 spiro atoms. The number of phenols is 1. The van der Waals surface area contributed by atoms with Crippen LogP contribution in [0, 0.1) is 6.92 Å². The van der Waals surface area contributed by atoms with Crippen molar-refractivity contribution in [3.8, 4) is 5.75 Å². The maximum atomic E-state index is 12.0. The minimum absolute atomic E-state index is 0.00421. The Morgan fingerprint density at radius 2 is 1.90 bits per heavy atom. The molecule has 2 aromatic rings. The van der Waals surface area contributed by atoms with E-state index in [-0.39, 0.29) is 23.8 Å². The summed E-state index contributed by atoms with van der Waals surface area (Å²) in [6.07, 6.45) is 0. The molecule has 0 saturated heterocycles. The van der Waals surface area contributed by atoms with Crippen LogP contribution in [0.5, 0.6) is 5.75 Å². The molecule has 2 amide bonds. The minimum Gasteiger partial charge on any atom is -0.508 e. The summed E-state index contributed by atoms with van der Waals surface area (Å²) in [5.74, 6) is -0.826. The molecular weight excluding hydrogens is 268 g/mol. The van der Waals surface area contributed by atoms with E-state index in [4.69, 9.17) is 5.73 Å². The number of phenolic OH excluding ortho intramolecular Hbond substituents is 1. The number of hydrogen-bond donors (Lipinski definition) is 3. The lowest BCUT2D eigenvalue weighted by Crippen LogP contribution is -2.23. The maximum Gasteiger partial charge on any atom is 0.251 e. The zero-order chi connectivity index (χ0) is 15.4. The number of nitrogens with one attached hydrogen (secondary N) is 1. The fourth-order valence-corrected chi connectivity index (χ4v) is 1.94. The molecular formula is C16H16N2O3. The standard InChI is InChI=1S/C16H16N2O3/c1-10-3-2-4-12(7-10)16(21)18-9-13-8-11(15(17)20)5-6-14(13)19/h2-8,19H,9H2,1H3,(H2,17,20)(H,18,21). The van der Waals surface area contributed by atoms with E-state index in [1.165, 1.54) is 18.2 Å². The molecule has 21 heavy (non-hydrogen) atoms. The predicted octanol–water partition coefficient (Wildman–Crippen LogP) is 1.73. The maximum absolute atomic E-state index is 12.0. The number of benzene rings is 2. The number of aromatic hydroxyl groups is 1. The van der Waals surface area contributed by atoms with Crippen molar-refractivity contribution in [1.29, 1.82) is 0 Å². The van der Waals surface area contributed by atoms with Crippen LogP contribution in [-0.2, 0) is 6.54 Å². The highest BCUT2D eigenvalue weighted by molar-refractivity contribution is 5.95. The summed E-state index contributed by atoms with van der Waals surface area (Å²) in [5.41, 5.74) is 7.44. The van der Waals surface area contributed by atoms with Crippen molar-refractivity contribution in [2.24, 2.45) is 5.73 Å². The van der Waals surface area contributed by atoms with Crippen molar-refractivity contribution in [3.63, 3.8) is 0 Å². The molecule has 4 N–H and O–H groups in total. The van der Waals surface area contributed by atoms with Crippen LogP contribution in [-0.4, -0.2) is 16.9 Å². The van der Waals surface area contributed by atoms with E-state index < -0.39 is 5.91 Å². The third-order valence-electron chi connectivity index (χ3n) is 3.08. The molecule has 108 valence electrons. The first-order chi connectivity index (χ1) is 9.97. The Morgan fingerprint density at radius 3 is 2.57 bits per heavy atom. The van der Waals surface area contributed by atoms with Gasteiger partial charge in [0.2, 0.25) is 5.91 Å². The van der Waals surface area contributed by atoms with Crippen molar-refractivity contribution in [2.75, 3.05) is 0 Å². The van der Waals surface area contributed by atoms with E-state index >= 15 is 0 Å². The van der Waals surface area contributed by atoms with Crippen LogP contribution in [0.25, 0.3) is 0 Å². The number of carbonyl (C=O) groups excluding carboxylic acids is 2. The van der Waals surface area contributed by atoms with Gasteiger partial charge in [-0.05, 0) is 37.3 Å². The Hall–Kier alpha value is -2.82. The van der Waals surface area contributed by atoms with Gasteiger partial charge < -0.3 is 16.2 Å². The Bertz CT molecular complexity index is 696. The molecule has 0 unspecified atom stereocenters. The van der Waals surface area contributed by atoms with Crippen molar-refractivity contribution in [3.05, 3.63) is 64.7 Å². The lowest BCUT2D eigenvalue weighted by Gasteiger charge is -2.09. The van der Waals surface area contributed by atoms with Crippen LogP contribution in [0.3, 0.4) is 0 Å². The van der Waals surface area contributed by atoms with Gasteiger partial charge in [0.15, 0.2) is 0 Å². The van der Waals surface area contributed by atoms with Gasteiger partial charge in [-0.3, -0.25) is 9.59 Å². The molecule has 0 heterocycles. The molecule has 0 fully saturated rings. The van der Waals surface area contributed by atoms with Crippen LogP contribution < -0.4 is 11.1 Å². The van der Waals surface area contributed by atoms with Crippen LogP contribution in [0.1, 0.15) is 31.8 Å². The first kappa shape index (κ1) is 14.6. The normalized spacial score (nSPS) is 10.1. The fraction of sp³-hybridized carbons (Fsp3) is 0.125. The van der Waals surface area contributed by atoms with Gasteiger partial charge in [0, 0.05) is 23.2 Å². The molecule has 0 bridgehead atoms. The van der Waals surface area contributed by atoms with Crippen LogP contribution in [0.2, 0.25) is 0 Å². The zero-order valence-electron chi connectivity index (χ0n) is 11.6. The van der Waals surface area contributed by atoms with Crippen LogP contribution in [0.15, 0.2) is 42.5 Å². The molecule has 0 aromatic heterocycles. The highest BCUT2D eigenvalue weighted by Crippen LogP contribution is 2.18. The minimum atomic E-state index is -0.582. The third kappa shape index (κ3) is 3.60. The highest BCUT2D eigenvalue weighted by atomic mass is 16.3. The second-order valence-corrected chi connectivity index (χ2v) is 4.76. The summed E-state index contributed by atoms with van der Waals surface area (Å²) < 4.78 is 0. The molecule has 0 radical (unpaired) electrons. The summed E-state index contributed by atoms with van der Waals surface area (Å²) in [5, 5.41) is 12.4. The number of nitrogens with two attached hydrogens (primary N) is 1. The average molecular weight is 284 g/mol. The number of carbonyl (C=O) groups is 2. The fourth-order valence-electron chi connectivity index (χ4n) is 1.94. The number of amides is 2. The second kappa shape index (κ2) is 6.09. The van der Waals surface area contributed by atoms with Crippen molar-refractivity contribution in [2.45, 2.75) is 13.5 Å². The summed E-state index contributed by atoms with van der Waals surface area (Å²) in [6, 6.07) is 11.5. The molecule has 0 saturated carbocycles. The van der Waals surface area contributed by atoms with Gasteiger partial charge in [0.05, 0.1) is 0 Å². The molecule has 5 nitrogen and oxygen atoms in total. The molecule has 0 atom stereocenters. The van der Waals surface area contributed by atoms with Gasteiger partial charge in [-0.25, -0.2) is 0 Å². The summed E-state index contributed by atoms with van der Waals surface area (Å²) >= 11 is 0. The zero-order valence-corrected chi connectivity index (χ0v) is 11.6. The first-order valence-corrected chi connectivity index (χ1v) is 6.44. The number of rotatable bonds is 4. The Labute approximate surface area is 122 Å². The molecule has 0 aliphatic carbocycles. The molecule has 0 aliphatic heterocycles. The highest BCUT2D eigenvalue weighted by Gasteiger charge is 2.09. The van der Waals surface area contributed by atoms with Gasteiger partial charge in [-0.15, -0.1) is 0 Å². The van der Waals surface area contributed by atoms with Gasteiger partial charge in [0.1, 0.15) is 5.75 Å². The Morgan fingerprint density at radius 1 is 1.14 bits per heavy atom. The van der Waals surface area contributed by atoms with Gasteiger partial charge >= 0.3 is 0 Å². The largest absolute Gasteiger partial charge is 0.508 e. The second-order valence-electron chi connectivity index (χ2n) is 4.76. The van der Waals surface area contributed by atoms with Gasteiger partial charge in [0.25, 0.3) is 5.91 Å². The average Bonchev–Trinajstić information content (AvgIpc) is 2.45. The molecule has 2 rings (SSSR count). The lowest BCUT2D eigenvalue weighted by molar-refractivity contribution is 0.0950. The number of primary amides is 1. The molecule has 2 aromatic carbocycles. The monoisotopic (exact) mass is 284 g/mol. The smallest absolute Gasteiger partial charge is 0.251 e. The van der Waals surface area contributed by atoms with E-state index in [1.54, 1.807) is 18.2 Å². The summed E-state index contributed by atoms with van der Waals surface area (Å²) in [6.45, 7) is 2.01. The van der Waals surface area contributed by atoms with Crippen molar-refractivity contribution in [1.82, 2.24) is 5.32 Å². The van der Waals surface area contributed by atoms with E-state index in [1.807, 2.05) is 13.0 Å². The summed E-state index contributed by atoms with van der Waals surface area (Å²) in [7, 11) is 0. The van der Waals surface area contributed by atoms with E-state index in [9.17, 15) is 14.7 Å². The van der Waals surface area contributed by atoms with Gasteiger partial charge in [-0.1, -0.05) is 17.7 Å². The van der Waals surface area contributed by atoms with E-state index in [0.717, 1.165) is 5.56 Å².